The van der Waals surface area contributed by atoms with Crippen molar-refractivity contribution in [2.24, 2.45) is 0 Å². The van der Waals surface area contributed by atoms with E-state index in [-0.39, 0.29) is 17.8 Å². The summed E-state index contributed by atoms with van der Waals surface area (Å²) in [5.41, 5.74) is 4.18. The van der Waals surface area contributed by atoms with Crippen LogP contribution < -0.4 is 5.32 Å². The number of hydrogen-bond acceptors (Lipinski definition) is 5. The van der Waals surface area contributed by atoms with E-state index in [1.54, 1.807) is 17.8 Å². The molecule has 0 spiro atoms. The van der Waals surface area contributed by atoms with Gasteiger partial charge in [-0.3, -0.25) is 14.5 Å². The summed E-state index contributed by atoms with van der Waals surface area (Å²) in [5.74, 6) is -0.259. The van der Waals surface area contributed by atoms with Gasteiger partial charge in [-0.05, 0) is 78.9 Å². The molecule has 6 heteroatoms. The SMILES string of the molecule is CSc1ccc(/C=C2\SC(=O)N(CNc3ccc(C)c(C)c3)C2=O)cc1. The number of rotatable bonds is 5. The van der Waals surface area contributed by atoms with E-state index < -0.39 is 0 Å². The zero-order chi connectivity index (χ0) is 18.7. The standard InChI is InChI=1S/C20H20N2O2S2/c1-13-4-7-16(10-14(13)2)21-12-22-19(23)18(26-20(22)24)11-15-5-8-17(25-3)9-6-15/h4-11,21H,12H2,1-3H3/b18-11-. The van der Waals surface area contributed by atoms with E-state index in [1.807, 2.05) is 62.6 Å². The summed E-state index contributed by atoms with van der Waals surface area (Å²) in [7, 11) is 0. The molecule has 2 aromatic carbocycles. The number of aryl methyl sites for hydroxylation is 2. The maximum absolute atomic E-state index is 12.6. The van der Waals surface area contributed by atoms with Crippen molar-refractivity contribution in [2.45, 2.75) is 18.7 Å². The Morgan fingerprint density at radius 1 is 1.08 bits per heavy atom. The summed E-state index contributed by atoms with van der Waals surface area (Å²) in [6.45, 7) is 4.24. The van der Waals surface area contributed by atoms with Crippen molar-refractivity contribution < 1.29 is 9.59 Å². The van der Waals surface area contributed by atoms with Crippen LogP contribution in [-0.4, -0.2) is 29.0 Å². The molecule has 1 saturated heterocycles. The average Bonchev–Trinajstić information content (AvgIpc) is 2.90. The molecule has 0 aromatic heterocycles. The van der Waals surface area contributed by atoms with Crippen molar-refractivity contribution in [2.75, 3.05) is 18.2 Å². The van der Waals surface area contributed by atoms with Gasteiger partial charge in [0, 0.05) is 10.6 Å². The van der Waals surface area contributed by atoms with Crippen molar-refractivity contribution in [3.63, 3.8) is 0 Å². The van der Waals surface area contributed by atoms with E-state index in [1.165, 1.54) is 10.5 Å². The van der Waals surface area contributed by atoms with Crippen molar-refractivity contribution in [1.82, 2.24) is 4.90 Å². The van der Waals surface area contributed by atoms with Gasteiger partial charge in [-0.2, -0.15) is 0 Å². The number of anilines is 1. The van der Waals surface area contributed by atoms with Gasteiger partial charge < -0.3 is 5.32 Å². The molecule has 3 rings (SSSR count). The fraction of sp³-hybridized carbons (Fsp3) is 0.200. The van der Waals surface area contributed by atoms with Gasteiger partial charge in [-0.1, -0.05) is 18.2 Å². The van der Waals surface area contributed by atoms with E-state index in [9.17, 15) is 9.59 Å². The van der Waals surface area contributed by atoms with E-state index in [0.717, 1.165) is 33.5 Å². The van der Waals surface area contributed by atoms with Gasteiger partial charge in [0.05, 0.1) is 11.6 Å². The predicted molar refractivity (Wildman–Crippen MR) is 110 cm³/mol. The summed E-state index contributed by atoms with van der Waals surface area (Å²) in [6.07, 6.45) is 3.79. The Labute approximate surface area is 162 Å². The smallest absolute Gasteiger partial charge is 0.295 e. The Bertz CT molecular complexity index is 876. The monoisotopic (exact) mass is 384 g/mol. The van der Waals surface area contributed by atoms with Crippen molar-refractivity contribution >= 4 is 46.4 Å². The number of hydrogen-bond donors (Lipinski definition) is 1. The number of carbonyl (C=O) groups is 2. The quantitative estimate of drug-likeness (QED) is 0.572. The van der Waals surface area contributed by atoms with E-state index in [2.05, 4.69) is 5.32 Å². The lowest BCUT2D eigenvalue weighted by Crippen LogP contribution is -2.33. The maximum Gasteiger partial charge on any atom is 0.295 e. The van der Waals surface area contributed by atoms with Crippen LogP contribution >= 0.6 is 23.5 Å². The lowest BCUT2D eigenvalue weighted by Gasteiger charge is -2.15. The Morgan fingerprint density at radius 2 is 1.81 bits per heavy atom. The zero-order valence-corrected chi connectivity index (χ0v) is 16.5. The molecule has 26 heavy (non-hydrogen) atoms. The summed E-state index contributed by atoms with van der Waals surface area (Å²) in [4.78, 5) is 27.6. The Hall–Kier alpha value is -2.18. The number of thioether (sulfide) groups is 2. The zero-order valence-electron chi connectivity index (χ0n) is 14.9. The number of amides is 2. The third-order valence-electron chi connectivity index (χ3n) is 4.24. The minimum Gasteiger partial charge on any atom is -0.367 e. The van der Waals surface area contributed by atoms with Crippen LogP contribution in [0, 0.1) is 13.8 Å². The third-order valence-corrected chi connectivity index (χ3v) is 5.89. The van der Waals surface area contributed by atoms with Gasteiger partial charge in [-0.15, -0.1) is 11.8 Å². The Morgan fingerprint density at radius 3 is 2.46 bits per heavy atom. The molecule has 1 aliphatic heterocycles. The fourth-order valence-corrected chi connectivity index (χ4v) is 3.76. The van der Waals surface area contributed by atoms with Crippen LogP contribution in [0.3, 0.4) is 0 Å². The second kappa shape index (κ2) is 8.01. The molecule has 2 aromatic rings. The molecule has 0 unspecified atom stereocenters. The highest BCUT2D eigenvalue weighted by Gasteiger charge is 2.34. The Kier molecular flexibility index (Phi) is 5.74. The largest absolute Gasteiger partial charge is 0.367 e. The first-order chi connectivity index (χ1) is 12.5. The predicted octanol–water partition coefficient (Wildman–Crippen LogP) is 5.13. The second-order valence-corrected chi connectivity index (χ2v) is 7.89. The highest BCUT2D eigenvalue weighted by Crippen LogP contribution is 2.32. The highest BCUT2D eigenvalue weighted by molar-refractivity contribution is 8.18. The molecule has 0 bridgehead atoms. The first kappa shape index (κ1) is 18.6. The minimum atomic E-state index is -0.259. The topological polar surface area (TPSA) is 49.4 Å². The molecule has 1 heterocycles. The number of carbonyl (C=O) groups excluding carboxylic acids is 2. The van der Waals surface area contributed by atoms with Gasteiger partial charge in [0.25, 0.3) is 11.1 Å². The van der Waals surface area contributed by atoms with Gasteiger partial charge >= 0.3 is 0 Å². The van der Waals surface area contributed by atoms with E-state index in [0.29, 0.717) is 4.91 Å². The van der Waals surface area contributed by atoms with Crippen LogP contribution in [0.15, 0.2) is 52.3 Å². The fourth-order valence-electron chi connectivity index (χ4n) is 2.51. The maximum atomic E-state index is 12.6. The van der Waals surface area contributed by atoms with Crippen LogP contribution in [0.25, 0.3) is 6.08 Å². The Balaban J connectivity index is 1.69. The van der Waals surface area contributed by atoms with Crippen molar-refractivity contribution in [1.29, 1.82) is 0 Å². The molecular formula is C20H20N2O2S2. The summed E-state index contributed by atoms with van der Waals surface area (Å²) < 4.78 is 0. The summed E-state index contributed by atoms with van der Waals surface area (Å²) >= 11 is 2.65. The first-order valence-corrected chi connectivity index (χ1v) is 10.2. The normalized spacial score (nSPS) is 15.8. The number of imide groups is 1. The molecule has 134 valence electrons. The molecule has 0 atom stereocenters. The molecule has 0 radical (unpaired) electrons. The lowest BCUT2D eigenvalue weighted by atomic mass is 10.1. The number of nitrogens with zero attached hydrogens (tertiary/aromatic N) is 1. The van der Waals surface area contributed by atoms with Gasteiger partial charge in [-0.25, -0.2) is 0 Å². The number of benzene rings is 2. The van der Waals surface area contributed by atoms with Crippen LogP contribution in [0.1, 0.15) is 16.7 Å². The van der Waals surface area contributed by atoms with Gasteiger partial charge in [0.2, 0.25) is 0 Å². The molecule has 0 aliphatic carbocycles. The van der Waals surface area contributed by atoms with Crippen molar-refractivity contribution in [3.8, 4) is 0 Å². The summed E-state index contributed by atoms with van der Waals surface area (Å²) in [6, 6.07) is 13.9. The molecule has 1 aliphatic rings. The summed E-state index contributed by atoms with van der Waals surface area (Å²) in [5, 5.41) is 2.90. The second-order valence-electron chi connectivity index (χ2n) is 6.02. The average molecular weight is 385 g/mol. The molecular weight excluding hydrogens is 364 g/mol. The van der Waals surface area contributed by atoms with E-state index in [4.69, 9.17) is 0 Å². The van der Waals surface area contributed by atoms with E-state index >= 15 is 0 Å². The van der Waals surface area contributed by atoms with Gasteiger partial charge in [0.15, 0.2) is 0 Å². The molecule has 1 fully saturated rings. The van der Waals surface area contributed by atoms with Crippen LogP contribution in [0.2, 0.25) is 0 Å². The third kappa shape index (κ3) is 4.14. The molecule has 4 nitrogen and oxygen atoms in total. The van der Waals surface area contributed by atoms with Crippen LogP contribution in [0.5, 0.6) is 0 Å². The molecule has 2 amide bonds. The van der Waals surface area contributed by atoms with Crippen LogP contribution in [0.4, 0.5) is 10.5 Å². The molecule has 1 N–H and O–H groups in total. The minimum absolute atomic E-state index is 0.163. The molecule has 0 saturated carbocycles. The van der Waals surface area contributed by atoms with Gasteiger partial charge in [0.1, 0.15) is 0 Å². The lowest BCUT2D eigenvalue weighted by molar-refractivity contribution is -0.122. The first-order valence-electron chi connectivity index (χ1n) is 8.18. The highest BCUT2D eigenvalue weighted by atomic mass is 32.2. The van der Waals surface area contributed by atoms with Crippen molar-refractivity contribution in [3.05, 3.63) is 64.1 Å². The van der Waals surface area contributed by atoms with Crippen LogP contribution in [-0.2, 0) is 4.79 Å². The number of nitrogens with one attached hydrogen (secondary N) is 1.